The highest BCUT2D eigenvalue weighted by Crippen LogP contribution is 2.37. The molecule has 3 rings (SSSR count). The number of ether oxygens (including phenoxy) is 1. The van der Waals surface area contributed by atoms with E-state index < -0.39 is 6.09 Å². The lowest BCUT2D eigenvalue weighted by molar-refractivity contribution is -0.142. The Balaban J connectivity index is 1.73. The summed E-state index contributed by atoms with van der Waals surface area (Å²) >= 11 is 3.47. The first-order valence-corrected chi connectivity index (χ1v) is 10.9. The second-order valence-electron chi connectivity index (χ2n) is 7.86. The number of hydrazine groups is 1. The van der Waals surface area contributed by atoms with Crippen LogP contribution < -0.4 is 5.43 Å². The van der Waals surface area contributed by atoms with Crippen molar-refractivity contribution in [3.8, 4) is 0 Å². The van der Waals surface area contributed by atoms with Crippen LogP contribution in [-0.4, -0.2) is 35.9 Å². The Morgan fingerprint density at radius 3 is 2.55 bits per heavy atom. The molecule has 1 saturated carbocycles. The standard InChI is InChI=1S/C22H28BrN3O3/c1-14(2)26(25-22(28)29-3)21(27)19-7-5-4-6-18(19)20-12-16(13-24-20)15-8-10-17(23)11-9-15/h8-11,13-14,18-19H,4-7,12H2,1-3H3,(H,25,28)/t18?,19-/m0/s1. The van der Waals surface area contributed by atoms with Gasteiger partial charge in [0.05, 0.1) is 7.11 Å². The van der Waals surface area contributed by atoms with Gasteiger partial charge in [0.15, 0.2) is 0 Å². The van der Waals surface area contributed by atoms with E-state index in [4.69, 9.17) is 4.99 Å². The normalized spacial score (nSPS) is 21.4. The van der Waals surface area contributed by atoms with Crippen molar-refractivity contribution in [2.45, 2.75) is 52.0 Å². The molecule has 2 amide bonds. The molecule has 0 saturated heterocycles. The Kier molecular flexibility index (Phi) is 7.11. The molecule has 0 bridgehead atoms. The molecule has 0 aromatic heterocycles. The predicted octanol–water partition coefficient (Wildman–Crippen LogP) is 4.95. The fraction of sp³-hybridized carbons (Fsp3) is 0.500. The largest absolute Gasteiger partial charge is 0.452 e. The van der Waals surface area contributed by atoms with Crippen LogP contribution in [0.1, 0.15) is 51.5 Å². The number of methoxy groups -OCH3 is 1. The molecule has 0 radical (unpaired) electrons. The molecule has 2 atom stereocenters. The van der Waals surface area contributed by atoms with Crippen LogP contribution in [0, 0.1) is 11.8 Å². The van der Waals surface area contributed by atoms with Gasteiger partial charge in [-0.25, -0.2) is 15.2 Å². The number of rotatable bonds is 4. The summed E-state index contributed by atoms with van der Waals surface area (Å²) in [4.78, 5) is 29.8. The maximum absolute atomic E-state index is 13.3. The lowest BCUT2D eigenvalue weighted by Gasteiger charge is -2.36. The number of nitrogens with zero attached hydrogens (tertiary/aromatic N) is 2. The van der Waals surface area contributed by atoms with E-state index in [-0.39, 0.29) is 23.8 Å². The SMILES string of the molecule is COC(=O)NN(C(=O)[C@H]1CCCCC1C1=NC=C(c2ccc(Br)cc2)C1)C(C)C. The highest BCUT2D eigenvalue weighted by molar-refractivity contribution is 9.10. The molecule has 1 heterocycles. The summed E-state index contributed by atoms with van der Waals surface area (Å²) in [5.74, 6) is -0.143. The van der Waals surface area contributed by atoms with E-state index in [1.54, 1.807) is 0 Å². The third kappa shape index (κ3) is 5.07. The summed E-state index contributed by atoms with van der Waals surface area (Å²) in [7, 11) is 1.30. The van der Waals surface area contributed by atoms with Gasteiger partial charge in [0, 0.05) is 40.7 Å². The molecule has 1 aromatic carbocycles. The van der Waals surface area contributed by atoms with Crippen molar-refractivity contribution >= 4 is 39.2 Å². The minimum atomic E-state index is -0.628. The van der Waals surface area contributed by atoms with Crippen LogP contribution in [0.15, 0.2) is 39.9 Å². The van der Waals surface area contributed by atoms with Crippen LogP contribution in [0.25, 0.3) is 5.57 Å². The number of amides is 2. The summed E-state index contributed by atoms with van der Waals surface area (Å²) in [5.41, 5.74) is 5.98. The molecule has 1 N–H and O–H groups in total. The van der Waals surface area contributed by atoms with E-state index in [1.165, 1.54) is 17.7 Å². The van der Waals surface area contributed by atoms with Crippen molar-refractivity contribution in [1.82, 2.24) is 10.4 Å². The second kappa shape index (κ2) is 9.57. The molecule has 29 heavy (non-hydrogen) atoms. The lowest BCUT2D eigenvalue weighted by Crippen LogP contribution is -2.54. The first-order chi connectivity index (χ1) is 13.9. The van der Waals surface area contributed by atoms with Gasteiger partial charge in [-0.3, -0.25) is 9.79 Å². The van der Waals surface area contributed by atoms with Gasteiger partial charge in [-0.15, -0.1) is 0 Å². The van der Waals surface area contributed by atoms with E-state index >= 15 is 0 Å². The zero-order chi connectivity index (χ0) is 21.0. The number of hydrogen-bond acceptors (Lipinski definition) is 4. The van der Waals surface area contributed by atoms with E-state index in [1.807, 2.05) is 32.2 Å². The summed E-state index contributed by atoms with van der Waals surface area (Å²) in [6.07, 6.45) is 5.93. The summed E-state index contributed by atoms with van der Waals surface area (Å²) in [6, 6.07) is 8.06. The van der Waals surface area contributed by atoms with Crippen LogP contribution in [0.4, 0.5) is 4.79 Å². The maximum Gasteiger partial charge on any atom is 0.425 e. The minimum Gasteiger partial charge on any atom is -0.452 e. The van der Waals surface area contributed by atoms with Crippen LogP contribution >= 0.6 is 15.9 Å². The van der Waals surface area contributed by atoms with Gasteiger partial charge in [0.25, 0.3) is 0 Å². The monoisotopic (exact) mass is 461 g/mol. The van der Waals surface area contributed by atoms with Gasteiger partial charge in [-0.05, 0) is 50.0 Å². The molecule has 0 spiro atoms. The van der Waals surface area contributed by atoms with Crippen molar-refractivity contribution in [3.05, 3.63) is 40.5 Å². The number of benzene rings is 1. The Morgan fingerprint density at radius 2 is 1.90 bits per heavy atom. The Bertz CT molecular complexity index is 817. The van der Waals surface area contributed by atoms with E-state index in [0.29, 0.717) is 0 Å². The van der Waals surface area contributed by atoms with Gasteiger partial charge < -0.3 is 4.74 Å². The Hall–Kier alpha value is -2.15. The molecule has 156 valence electrons. The minimum absolute atomic E-state index is 0.0603. The first kappa shape index (κ1) is 21.6. The number of hydrogen-bond donors (Lipinski definition) is 1. The fourth-order valence-corrected chi connectivity index (χ4v) is 4.37. The van der Waals surface area contributed by atoms with Crippen molar-refractivity contribution in [2.24, 2.45) is 16.8 Å². The number of nitrogens with one attached hydrogen (secondary N) is 1. The first-order valence-electron chi connectivity index (χ1n) is 10.1. The third-order valence-corrected chi connectivity index (χ3v) is 6.16. The predicted molar refractivity (Wildman–Crippen MR) is 117 cm³/mol. The smallest absolute Gasteiger partial charge is 0.425 e. The average Bonchev–Trinajstić information content (AvgIpc) is 3.21. The topological polar surface area (TPSA) is 71.0 Å². The number of carbonyl (C=O) groups excluding carboxylic acids is 2. The zero-order valence-corrected chi connectivity index (χ0v) is 18.7. The quantitative estimate of drug-likeness (QED) is 0.644. The second-order valence-corrected chi connectivity index (χ2v) is 8.78. The van der Waals surface area contributed by atoms with Gasteiger partial charge in [0.2, 0.25) is 5.91 Å². The van der Waals surface area contributed by atoms with Crippen LogP contribution in [0.5, 0.6) is 0 Å². The molecule has 1 aromatic rings. The lowest BCUT2D eigenvalue weighted by atomic mass is 9.74. The van der Waals surface area contributed by atoms with Gasteiger partial charge in [-0.2, -0.15) is 0 Å². The number of carbonyl (C=O) groups is 2. The van der Waals surface area contributed by atoms with E-state index in [0.717, 1.165) is 47.9 Å². The van der Waals surface area contributed by atoms with Crippen molar-refractivity contribution in [3.63, 3.8) is 0 Å². The number of halogens is 1. The highest BCUT2D eigenvalue weighted by atomic mass is 79.9. The molecular weight excluding hydrogens is 434 g/mol. The molecule has 1 aliphatic heterocycles. The van der Waals surface area contributed by atoms with Crippen molar-refractivity contribution in [1.29, 1.82) is 0 Å². The van der Waals surface area contributed by atoms with Gasteiger partial charge in [-0.1, -0.05) is 40.9 Å². The van der Waals surface area contributed by atoms with Crippen LogP contribution in [-0.2, 0) is 9.53 Å². The molecule has 2 aliphatic rings. The number of allylic oxidation sites excluding steroid dienone is 1. The van der Waals surface area contributed by atoms with Crippen LogP contribution in [0.2, 0.25) is 0 Å². The highest BCUT2D eigenvalue weighted by Gasteiger charge is 2.38. The molecule has 7 heteroatoms. The average molecular weight is 462 g/mol. The third-order valence-electron chi connectivity index (χ3n) is 5.63. The zero-order valence-electron chi connectivity index (χ0n) is 17.2. The summed E-state index contributed by atoms with van der Waals surface area (Å²) < 4.78 is 5.73. The summed E-state index contributed by atoms with van der Waals surface area (Å²) in [5, 5.41) is 1.41. The van der Waals surface area contributed by atoms with E-state index in [9.17, 15) is 9.59 Å². The summed E-state index contributed by atoms with van der Waals surface area (Å²) in [6.45, 7) is 3.76. The molecule has 1 unspecified atom stereocenters. The maximum atomic E-state index is 13.3. The van der Waals surface area contributed by atoms with Gasteiger partial charge >= 0.3 is 6.09 Å². The Labute approximate surface area is 180 Å². The van der Waals surface area contributed by atoms with Crippen LogP contribution in [0.3, 0.4) is 0 Å². The number of aliphatic imine (C=N–C) groups is 1. The molecule has 6 nitrogen and oxygen atoms in total. The fourth-order valence-electron chi connectivity index (χ4n) is 4.10. The van der Waals surface area contributed by atoms with Crippen molar-refractivity contribution in [2.75, 3.05) is 7.11 Å². The molecule has 1 fully saturated rings. The van der Waals surface area contributed by atoms with E-state index in [2.05, 4.69) is 38.2 Å². The van der Waals surface area contributed by atoms with Crippen molar-refractivity contribution < 1.29 is 14.3 Å². The Morgan fingerprint density at radius 1 is 1.21 bits per heavy atom. The molecular formula is C22H28BrN3O3. The van der Waals surface area contributed by atoms with Gasteiger partial charge in [0.1, 0.15) is 0 Å². The molecule has 1 aliphatic carbocycles.